The van der Waals surface area contributed by atoms with Gasteiger partial charge in [-0.15, -0.1) is 0 Å². The van der Waals surface area contributed by atoms with Crippen LogP contribution in [0.5, 0.6) is 11.5 Å². The number of carbonyl (C=O) groups is 1. The summed E-state index contributed by atoms with van der Waals surface area (Å²) >= 11 is 10.3. The molecule has 0 N–H and O–H groups in total. The maximum atomic E-state index is 13.1. The molecule has 1 saturated heterocycles. The number of rotatable bonds is 7. The van der Waals surface area contributed by atoms with Gasteiger partial charge in [-0.1, -0.05) is 52.0 Å². The van der Waals surface area contributed by atoms with Gasteiger partial charge in [0.2, 0.25) is 0 Å². The van der Waals surface area contributed by atoms with E-state index in [1.807, 2.05) is 31.2 Å². The number of anilines is 1. The number of nitro groups is 1. The van der Waals surface area contributed by atoms with Crippen LogP contribution in [0.4, 0.5) is 11.4 Å². The van der Waals surface area contributed by atoms with E-state index in [9.17, 15) is 14.9 Å². The number of carbonyl (C=O) groups excluding carboxylic acids is 1. The van der Waals surface area contributed by atoms with Crippen molar-refractivity contribution < 1.29 is 19.2 Å². The Hall–Kier alpha value is -3.21. The Morgan fingerprint density at radius 3 is 2.54 bits per heavy atom. The van der Waals surface area contributed by atoms with Gasteiger partial charge >= 0.3 is 0 Å². The highest BCUT2D eigenvalue weighted by Gasteiger charge is 2.33. The molecule has 3 aromatic rings. The molecule has 0 spiro atoms. The molecule has 1 heterocycles. The van der Waals surface area contributed by atoms with E-state index in [0.29, 0.717) is 25.2 Å². The van der Waals surface area contributed by atoms with Gasteiger partial charge in [0.15, 0.2) is 15.8 Å². The van der Waals surface area contributed by atoms with Crippen LogP contribution in [0.1, 0.15) is 16.7 Å². The normalized spacial score (nSPS) is 14.5. The molecule has 0 saturated carbocycles. The molecule has 178 valence electrons. The van der Waals surface area contributed by atoms with Crippen LogP contribution >= 0.6 is 39.9 Å². The number of thiocarbonyl (C=S) groups is 1. The number of ether oxygens (including phenoxy) is 2. The van der Waals surface area contributed by atoms with Crippen LogP contribution in [0.3, 0.4) is 0 Å². The van der Waals surface area contributed by atoms with E-state index >= 15 is 0 Å². The molecule has 4 rings (SSSR count). The summed E-state index contributed by atoms with van der Waals surface area (Å²) in [6.45, 7) is 2.17. The predicted octanol–water partition coefficient (Wildman–Crippen LogP) is 6.66. The number of non-ortho nitro benzene ring substituents is 1. The van der Waals surface area contributed by atoms with Crippen molar-refractivity contribution in [3.8, 4) is 11.5 Å². The first-order valence-corrected chi connectivity index (χ1v) is 12.4. The summed E-state index contributed by atoms with van der Waals surface area (Å²) in [5, 5.41) is 10.8. The number of halogens is 1. The van der Waals surface area contributed by atoms with Gasteiger partial charge in [0.05, 0.1) is 22.6 Å². The van der Waals surface area contributed by atoms with Crippen LogP contribution in [0.2, 0.25) is 0 Å². The van der Waals surface area contributed by atoms with Crippen molar-refractivity contribution in [3.05, 3.63) is 96.8 Å². The Morgan fingerprint density at radius 2 is 1.89 bits per heavy atom. The lowest BCUT2D eigenvalue weighted by Crippen LogP contribution is -2.27. The van der Waals surface area contributed by atoms with Crippen molar-refractivity contribution in [3.63, 3.8) is 0 Å². The maximum Gasteiger partial charge on any atom is 0.270 e. The van der Waals surface area contributed by atoms with Crippen molar-refractivity contribution >= 4 is 67.6 Å². The summed E-state index contributed by atoms with van der Waals surface area (Å²) in [6.07, 6.45) is 1.77. The highest BCUT2D eigenvalue weighted by molar-refractivity contribution is 9.10. The fourth-order valence-corrected chi connectivity index (χ4v) is 5.13. The molecule has 7 nitrogen and oxygen atoms in total. The third kappa shape index (κ3) is 5.55. The molecule has 3 aromatic carbocycles. The molecule has 0 bridgehead atoms. The number of nitrogens with zero attached hydrogens (tertiary/aromatic N) is 2. The van der Waals surface area contributed by atoms with Gasteiger partial charge in [-0.3, -0.25) is 19.8 Å². The number of aryl methyl sites for hydroxylation is 1. The van der Waals surface area contributed by atoms with Crippen molar-refractivity contribution in [2.45, 2.75) is 13.5 Å². The predicted molar refractivity (Wildman–Crippen MR) is 145 cm³/mol. The first-order valence-electron chi connectivity index (χ1n) is 10.3. The molecule has 0 atom stereocenters. The molecule has 0 unspecified atom stereocenters. The topological polar surface area (TPSA) is 81.9 Å². The summed E-state index contributed by atoms with van der Waals surface area (Å²) in [5.41, 5.74) is 3.30. The van der Waals surface area contributed by atoms with Crippen LogP contribution in [-0.2, 0) is 11.4 Å². The fourth-order valence-electron chi connectivity index (χ4n) is 3.41. The highest BCUT2D eigenvalue weighted by atomic mass is 79.9. The van der Waals surface area contributed by atoms with E-state index in [2.05, 4.69) is 15.9 Å². The largest absolute Gasteiger partial charge is 0.493 e. The molecule has 35 heavy (non-hydrogen) atoms. The summed E-state index contributed by atoms with van der Waals surface area (Å²) in [6, 6.07) is 17.3. The Bertz CT molecular complexity index is 1360. The van der Waals surface area contributed by atoms with Gasteiger partial charge in [0, 0.05) is 16.6 Å². The third-order valence-corrected chi connectivity index (χ3v) is 7.15. The van der Waals surface area contributed by atoms with Crippen LogP contribution < -0.4 is 14.4 Å². The number of hydrogen-bond acceptors (Lipinski definition) is 7. The monoisotopic (exact) mass is 570 g/mol. The van der Waals surface area contributed by atoms with Crippen LogP contribution in [0, 0.1) is 17.0 Å². The van der Waals surface area contributed by atoms with Crippen molar-refractivity contribution in [1.29, 1.82) is 0 Å². The van der Waals surface area contributed by atoms with E-state index in [4.69, 9.17) is 21.7 Å². The molecule has 0 aliphatic carbocycles. The Morgan fingerprint density at radius 1 is 1.14 bits per heavy atom. The second-order valence-electron chi connectivity index (χ2n) is 7.59. The van der Waals surface area contributed by atoms with Crippen molar-refractivity contribution in [1.82, 2.24) is 0 Å². The van der Waals surface area contributed by atoms with Gasteiger partial charge in [-0.25, -0.2) is 0 Å². The van der Waals surface area contributed by atoms with Gasteiger partial charge in [0.1, 0.15) is 6.61 Å². The number of methoxy groups -OCH3 is 1. The smallest absolute Gasteiger partial charge is 0.270 e. The van der Waals surface area contributed by atoms with E-state index in [0.717, 1.165) is 22.4 Å². The van der Waals surface area contributed by atoms with Crippen LogP contribution in [0.15, 0.2) is 70.0 Å². The number of amides is 1. The SMILES string of the molecule is COc1cc(/C=C2\SC(=S)N(c3cccc(C)c3)C2=O)c(Br)cc1OCc1ccc([N+](=O)[O-])cc1. The second kappa shape index (κ2) is 10.6. The number of nitro benzene ring substituents is 1. The van der Waals surface area contributed by atoms with Crippen LogP contribution in [-0.4, -0.2) is 22.3 Å². The average molecular weight is 571 g/mol. The minimum Gasteiger partial charge on any atom is -0.493 e. The molecule has 1 aliphatic heterocycles. The Kier molecular flexibility index (Phi) is 7.54. The number of hydrogen-bond donors (Lipinski definition) is 0. The number of benzene rings is 3. The highest BCUT2D eigenvalue weighted by Crippen LogP contribution is 2.40. The van der Waals surface area contributed by atoms with Gasteiger partial charge in [0.25, 0.3) is 11.6 Å². The molecule has 10 heteroatoms. The zero-order valence-corrected chi connectivity index (χ0v) is 21.9. The summed E-state index contributed by atoms with van der Waals surface area (Å²) in [5.74, 6) is 0.785. The first-order chi connectivity index (χ1) is 16.8. The van der Waals surface area contributed by atoms with E-state index in [-0.39, 0.29) is 18.2 Å². The second-order valence-corrected chi connectivity index (χ2v) is 10.1. The summed E-state index contributed by atoms with van der Waals surface area (Å²) in [7, 11) is 1.53. The first kappa shape index (κ1) is 24.9. The van der Waals surface area contributed by atoms with E-state index in [1.54, 1.807) is 30.3 Å². The molecule has 1 aliphatic rings. The zero-order valence-electron chi connectivity index (χ0n) is 18.7. The minimum atomic E-state index is -0.446. The Labute approximate surface area is 220 Å². The van der Waals surface area contributed by atoms with Crippen molar-refractivity contribution in [2.75, 3.05) is 12.0 Å². The lowest BCUT2D eigenvalue weighted by Gasteiger charge is -2.15. The summed E-state index contributed by atoms with van der Waals surface area (Å²) < 4.78 is 12.6. The lowest BCUT2D eigenvalue weighted by molar-refractivity contribution is -0.384. The average Bonchev–Trinajstić information content (AvgIpc) is 3.11. The molecule has 1 fully saturated rings. The van der Waals surface area contributed by atoms with Gasteiger partial charge < -0.3 is 9.47 Å². The molecular formula is C25H19BrN2O5S2. The zero-order chi connectivity index (χ0) is 25.1. The lowest BCUT2D eigenvalue weighted by atomic mass is 10.1. The maximum absolute atomic E-state index is 13.1. The minimum absolute atomic E-state index is 0.0197. The molecular weight excluding hydrogens is 552 g/mol. The van der Waals surface area contributed by atoms with Crippen LogP contribution in [0.25, 0.3) is 6.08 Å². The third-order valence-electron chi connectivity index (χ3n) is 5.16. The fraction of sp³-hybridized carbons (Fsp3) is 0.120. The standard InChI is InChI=1S/C25H19BrN2O5S2/c1-15-4-3-5-19(10-15)27-24(29)23(35-25(27)34)12-17-11-21(32-2)22(13-20(17)26)33-14-16-6-8-18(9-7-16)28(30)31/h3-13H,14H2,1-2H3/b23-12-. The molecule has 0 radical (unpaired) electrons. The van der Waals surface area contributed by atoms with Gasteiger partial charge in [-0.05, 0) is 66.1 Å². The summed E-state index contributed by atoms with van der Waals surface area (Å²) in [4.78, 5) is 25.5. The van der Waals surface area contributed by atoms with Gasteiger partial charge in [-0.2, -0.15) is 0 Å². The van der Waals surface area contributed by atoms with E-state index < -0.39 is 4.92 Å². The number of thioether (sulfide) groups is 1. The quantitative estimate of drug-likeness (QED) is 0.136. The van der Waals surface area contributed by atoms with Crippen molar-refractivity contribution in [2.24, 2.45) is 0 Å². The molecule has 1 amide bonds. The Balaban J connectivity index is 1.55. The molecule has 0 aromatic heterocycles. The van der Waals surface area contributed by atoms with E-state index in [1.165, 1.54) is 35.9 Å².